The second-order valence-electron chi connectivity index (χ2n) is 6.08. The van der Waals surface area contributed by atoms with Gasteiger partial charge in [0.1, 0.15) is 4.88 Å². The SMILES string of the molecule is Cc1ccc(S(=O)(=O)N(C)c2ccsc2C(=O)NCCN(C)C)cc1Cl. The van der Waals surface area contributed by atoms with Gasteiger partial charge in [0.15, 0.2) is 0 Å². The molecular formula is C17H22ClN3O3S2. The first kappa shape index (κ1) is 20.7. The van der Waals surface area contributed by atoms with Crippen molar-refractivity contribution in [3.05, 3.63) is 45.1 Å². The Balaban J connectivity index is 2.27. The van der Waals surface area contributed by atoms with Gasteiger partial charge < -0.3 is 10.2 Å². The highest BCUT2D eigenvalue weighted by Crippen LogP contribution is 2.31. The number of aryl methyl sites for hydroxylation is 1. The average Bonchev–Trinajstić information content (AvgIpc) is 3.05. The van der Waals surface area contributed by atoms with Gasteiger partial charge in [0.2, 0.25) is 0 Å². The van der Waals surface area contributed by atoms with Crippen LogP contribution < -0.4 is 9.62 Å². The van der Waals surface area contributed by atoms with Crippen LogP contribution in [0, 0.1) is 6.92 Å². The molecule has 0 radical (unpaired) electrons. The summed E-state index contributed by atoms with van der Waals surface area (Å²) in [7, 11) is 1.43. The van der Waals surface area contributed by atoms with Gasteiger partial charge >= 0.3 is 0 Å². The molecule has 0 aliphatic carbocycles. The number of benzene rings is 1. The van der Waals surface area contributed by atoms with Crippen LogP contribution >= 0.6 is 22.9 Å². The molecule has 1 aromatic heterocycles. The Morgan fingerprint density at radius 3 is 2.54 bits per heavy atom. The maximum Gasteiger partial charge on any atom is 0.264 e. The van der Waals surface area contributed by atoms with Gasteiger partial charge in [-0.3, -0.25) is 9.10 Å². The fourth-order valence-corrected chi connectivity index (χ4v) is 4.59. The number of nitrogens with one attached hydrogen (secondary N) is 1. The molecule has 0 atom stereocenters. The Morgan fingerprint density at radius 1 is 1.23 bits per heavy atom. The topological polar surface area (TPSA) is 69.7 Å². The molecule has 0 saturated heterocycles. The molecular weight excluding hydrogens is 394 g/mol. The van der Waals surface area contributed by atoms with Gasteiger partial charge in [0, 0.05) is 25.2 Å². The molecule has 9 heteroatoms. The fourth-order valence-electron chi connectivity index (χ4n) is 2.22. The van der Waals surface area contributed by atoms with Gasteiger partial charge in [-0.15, -0.1) is 11.3 Å². The van der Waals surface area contributed by atoms with Gasteiger partial charge in [0.05, 0.1) is 10.6 Å². The van der Waals surface area contributed by atoms with E-state index < -0.39 is 10.0 Å². The van der Waals surface area contributed by atoms with Crippen molar-refractivity contribution in [2.75, 3.05) is 38.5 Å². The van der Waals surface area contributed by atoms with E-state index in [0.717, 1.165) is 9.87 Å². The summed E-state index contributed by atoms with van der Waals surface area (Å²) in [5, 5.41) is 4.89. The minimum atomic E-state index is -3.82. The highest BCUT2D eigenvalue weighted by atomic mass is 35.5. The van der Waals surface area contributed by atoms with E-state index in [2.05, 4.69) is 5.32 Å². The van der Waals surface area contributed by atoms with Gasteiger partial charge in [-0.25, -0.2) is 8.42 Å². The fraction of sp³-hybridized carbons (Fsp3) is 0.353. The Bertz CT molecular complexity index is 894. The van der Waals surface area contributed by atoms with Crippen molar-refractivity contribution < 1.29 is 13.2 Å². The molecule has 2 rings (SSSR count). The molecule has 0 aliphatic rings. The van der Waals surface area contributed by atoms with Crippen LogP contribution in [0.25, 0.3) is 0 Å². The minimum absolute atomic E-state index is 0.0840. The van der Waals surface area contributed by atoms with Gasteiger partial charge in [0.25, 0.3) is 15.9 Å². The maximum absolute atomic E-state index is 12.9. The summed E-state index contributed by atoms with van der Waals surface area (Å²) in [6.45, 7) is 2.98. The smallest absolute Gasteiger partial charge is 0.264 e. The second kappa shape index (κ2) is 8.39. The van der Waals surface area contributed by atoms with Crippen LogP contribution in [0.3, 0.4) is 0 Å². The second-order valence-corrected chi connectivity index (χ2v) is 9.37. The normalized spacial score (nSPS) is 11.6. The molecule has 0 aliphatic heterocycles. The number of sulfonamides is 1. The maximum atomic E-state index is 12.9. The summed E-state index contributed by atoms with van der Waals surface area (Å²) in [6.07, 6.45) is 0. The van der Waals surface area contributed by atoms with E-state index in [1.165, 1.54) is 30.5 Å². The number of carbonyl (C=O) groups excluding carboxylic acids is 1. The molecule has 6 nitrogen and oxygen atoms in total. The third-order valence-corrected chi connectivity index (χ3v) is 6.91. The minimum Gasteiger partial charge on any atom is -0.350 e. The van der Waals surface area contributed by atoms with Crippen molar-refractivity contribution in [3.63, 3.8) is 0 Å². The van der Waals surface area contributed by atoms with Crippen LogP contribution in [0.15, 0.2) is 34.5 Å². The zero-order valence-electron chi connectivity index (χ0n) is 15.1. The molecule has 1 heterocycles. The van der Waals surface area contributed by atoms with Gasteiger partial charge in [-0.1, -0.05) is 17.7 Å². The number of hydrogen-bond acceptors (Lipinski definition) is 5. The molecule has 0 fully saturated rings. The number of thiophene rings is 1. The van der Waals surface area contributed by atoms with Crippen molar-refractivity contribution in [1.82, 2.24) is 10.2 Å². The quantitative estimate of drug-likeness (QED) is 0.754. The molecule has 142 valence electrons. The molecule has 0 saturated carbocycles. The number of amides is 1. The largest absolute Gasteiger partial charge is 0.350 e. The average molecular weight is 416 g/mol. The van der Waals surface area contributed by atoms with Crippen molar-refractivity contribution in [1.29, 1.82) is 0 Å². The van der Waals surface area contributed by atoms with Crippen LogP contribution in [-0.4, -0.2) is 53.5 Å². The zero-order chi connectivity index (χ0) is 19.5. The first-order valence-electron chi connectivity index (χ1n) is 7.90. The van der Waals surface area contributed by atoms with Crippen LogP contribution in [0.2, 0.25) is 5.02 Å². The third-order valence-electron chi connectivity index (χ3n) is 3.84. The predicted molar refractivity (Wildman–Crippen MR) is 107 cm³/mol. The lowest BCUT2D eigenvalue weighted by Gasteiger charge is -2.20. The van der Waals surface area contributed by atoms with Crippen molar-refractivity contribution >= 4 is 44.6 Å². The van der Waals surface area contributed by atoms with Crippen molar-refractivity contribution in [2.24, 2.45) is 0 Å². The van der Waals surface area contributed by atoms with Crippen LogP contribution in [0.4, 0.5) is 5.69 Å². The number of hydrogen-bond donors (Lipinski definition) is 1. The molecule has 1 N–H and O–H groups in total. The lowest BCUT2D eigenvalue weighted by atomic mass is 10.2. The summed E-state index contributed by atoms with van der Waals surface area (Å²) in [6, 6.07) is 6.21. The number of nitrogens with zero attached hydrogens (tertiary/aromatic N) is 2. The van der Waals surface area contributed by atoms with E-state index in [-0.39, 0.29) is 10.8 Å². The summed E-state index contributed by atoms with van der Waals surface area (Å²) in [4.78, 5) is 14.8. The lowest BCUT2D eigenvalue weighted by molar-refractivity contribution is 0.0955. The number of likely N-dealkylation sites (N-methyl/N-ethyl adjacent to an activating group) is 1. The van der Waals surface area contributed by atoms with E-state index in [1.807, 2.05) is 19.0 Å². The van der Waals surface area contributed by atoms with E-state index in [1.54, 1.807) is 24.4 Å². The van der Waals surface area contributed by atoms with E-state index in [9.17, 15) is 13.2 Å². The number of carbonyl (C=O) groups is 1. The molecule has 0 spiro atoms. The lowest BCUT2D eigenvalue weighted by Crippen LogP contribution is -2.33. The van der Waals surface area contributed by atoms with Crippen LogP contribution in [-0.2, 0) is 10.0 Å². The highest BCUT2D eigenvalue weighted by Gasteiger charge is 2.26. The van der Waals surface area contributed by atoms with E-state index >= 15 is 0 Å². The summed E-state index contributed by atoms with van der Waals surface area (Å²) in [5.41, 5.74) is 1.14. The van der Waals surface area contributed by atoms with Crippen molar-refractivity contribution in [2.45, 2.75) is 11.8 Å². The monoisotopic (exact) mass is 415 g/mol. The van der Waals surface area contributed by atoms with Gasteiger partial charge in [-0.2, -0.15) is 0 Å². The molecule has 2 aromatic rings. The molecule has 0 unspecified atom stereocenters. The van der Waals surface area contributed by atoms with E-state index in [4.69, 9.17) is 11.6 Å². The summed E-state index contributed by atoms with van der Waals surface area (Å²) < 4.78 is 26.9. The molecule has 1 aromatic carbocycles. The summed E-state index contributed by atoms with van der Waals surface area (Å²) in [5.74, 6) is -0.291. The Kier molecular flexibility index (Phi) is 6.68. The highest BCUT2D eigenvalue weighted by molar-refractivity contribution is 7.92. The number of anilines is 1. The van der Waals surface area contributed by atoms with Gasteiger partial charge in [-0.05, 0) is 50.2 Å². The Labute approximate surface area is 163 Å². The first-order chi connectivity index (χ1) is 12.1. The Morgan fingerprint density at radius 2 is 1.92 bits per heavy atom. The zero-order valence-corrected chi connectivity index (χ0v) is 17.5. The van der Waals surface area contributed by atoms with Crippen LogP contribution in [0.1, 0.15) is 15.2 Å². The van der Waals surface area contributed by atoms with Crippen molar-refractivity contribution in [3.8, 4) is 0 Å². The number of halogens is 1. The van der Waals surface area contributed by atoms with E-state index in [0.29, 0.717) is 28.7 Å². The number of rotatable bonds is 7. The molecule has 1 amide bonds. The molecule has 0 bridgehead atoms. The van der Waals surface area contributed by atoms with Crippen LogP contribution in [0.5, 0.6) is 0 Å². The molecule has 26 heavy (non-hydrogen) atoms. The standard InChI is InChI=1S/C17H22ClN3O3S2/c1-12-5-6-13(11-14(12)18)26(23,24)21(4)15-7-10-25-16(15)17(22)19-8-9-20(2)3/h5-7,10-11H,8-9H2,1-4H3,(H,19,22). The predicted octanol–water partition coefficient (Wildman–Crippen LogP) is 2.83. The Hall–Kier alpha value is -1.61. The first-order valence-corrected chi connectivity index (χ1v) is 10.6. The third kappa shape index (κ3) is 4.56. The summed E-state index contributed by atoms with van der Waals surface area (Å²) >= 11 is 7.27.